The van der Waals surface area contributed by atoms with Crippen molar-refractivity contribution in [2.24, 2.45) is 44.8 Å². The number of guanidine groups is 3. The highest BCUT2D eigenvalue weighted by Gasteiger charge is 2.24. The highest BCUT2D eigenvalue weighted by Crippen LogP contribution is 2.31. The fourth-order valence-corrected chi connectivity index (χ4v) is 4.36. The zero-order valence-electron chi connectivity index (χ0n) is 29.3. The van der Waals surface area contributed by atoms with E-state index in [0.29, 0.717) is 69.5 Å². The number of benzene rings is 2. The van der Waals surface area contributed by atoms with Crippen LogP contribution in [0.25, 0.3) is 22.5 Å². The topological polar surface area (TPSA) is 263 Å². The number of rotatable bonds is 8. The van der Waals surface area contributed by atoms with E-state index in [9.17, 15) is 9.59 Å². The van der Waals surface area contributed by atoms with E-state index < -0.39 is 5.91 Å². The molecule has 2 heterocycles. The first kappa shape index (κ1) is 40.5. The summed E-state index contributed by atoms with van der Waals surface area (Å²) in [4.78, 5) is 33.2. The Morgan fingerprint density at radius 2 is 1.12 bits per heavy atom. The fourth-order valence-electron chi connectivity index (χ4n) is 4.14. The van der Waals surface area contributed by atoms with Gasteiger partial charge in [0, 0.05) is 24.2 Å². The van der Waals surface area contributed by atoms with Gasteiger partial charge < -0.3 is 32.0 Å². The summed E-state index contributed by atoms with van der Waals surface area (Å²) in [5.41, 5.74) is 24.5. The molecule has 2 aromatic carbocycles. The van der Waals surface area contributed by atoms with Crippen LogP contribution in [0.4, 0.5) is 0 Å². The third kappa shape index (κ3) is 12.4. The third-order valence-corrected chi connectivity index (χ3v) is 6.78. The average Bonchev–Trinajstić information content (AvgIpc) is 3.61. The Balaban J connectivity index is 0.000000313. The van der Waals surface area contributed by atoms with Crippen molar-refractivity contribution >= 4 is 41.3 Å². The van der Waals surface area contributed by atoms with Crippen molar-refractivity contribution in [3.8, 4) is 22.5 Å². The summed E-state index contributed by atoms with van der Waals surface area (Å²) < 4.78 is 10.4. The molecule has 0 saturated heterocycles. The van der Waals surface area contributed by atoms with Gasteiger partial charge in [0.2, 0.25) is 0 Å². The SMILES string of the molecule is Cc1ccccc1-c1noc(C)c1C(=O)NC(N)=NCC(C)C.Cc1onc(-c2ccccc2Cl)c1C(=O)NC(N)=NCC(C)C.N=C(N)N. The van der Waals surface area contributed by atoms with Crippen molar-refractivity contribution in [2.45, 2.75) is 48.5 Å². The smallest absolute Gasteiger partial charge is 0.263 e. The van der Waals surface area contributed by atoms with E-state index in [1.807, 2.05) is 65.0 Å². The van der Waals surface area contributed by atoms with E-state index in [4.69, 9.17) is 37.5 Å². The van der Waals surface area contributed by atoms with Crippen molar-refractivity contribution in [2.75, 3.05) is 13.1 Å². The number of aliphatic imine (C=N–C) groups is 2. The van der Waals surface area contributed by atoms with Gasteiger partial charge in [-0.05, 0) is 44.2 Å². The second kappa shape index (κ2) is 19.3. The minimum absolute atomic E-state index is 0.0643. The van der Waals surface area contributed by atoms with Crippen LogP contribution in [0.5, 0.6) is 0 Å². The molecule has 0 unspecified atom stereocenters. The van der Waals surface area contributed by atoms with Gasteiger partial charge in [-0.25, -0.2) is 0 Å². The molecule has 268 valence electrons. The summed E-state index contributed by atoms with van der Waals surface area (Å²) in [6.07, 6.45) is 0. The van der Waals surface area contributed by atoms with E-state index in [0.717, 1.165) is 11.1 Å². The van der Waals surface area contributed by atoms with Gasteiger partial charge in [0.05, 0.1) is 5.02 Å². The summed E-state index contributed by atoms with van der Waals surface area (Å²) in [6.45, 7) is 14.5. The number of halogens is 1. The van der Waals surface area contributed by atoms with Crippen LogP contribution in [0, 0.1) is 38.0 Å². The van der Waals surface area contributed by atoms with Crippen LogP contribution in [0.3, 0.4) is 0 Å². The first-order valence-electron chi connectivity index (χ1n) is 15.6. The van der Waals surface area contributed by atoms with E-state index in [1.165, 1.54) is 0 Å². The molecule has 0 aliphatic heterocycles. The molecule has 2 amide bonds. The Kier molecular flexibility index (Phi) is 15.7. The molecule has 16 heteroatoms. The maximum absolute atomic E-state index is 12.5. The van der Waals surface area contributed by atoms with Gasteiger partial charge in [-0.15, -0.1) is 0 Å². The standard InChI is InChI=1S/C17H22N4O2.C16H19ClN4O2.CH5N3/c1-10(2)9-19-17(18)20-16(22)14-12(4)23-21-15(14)13-8-6-5-7-11(13)3;1-9(2)8-19-16(18)20-15(22)13-10(3)23-21-14(13)11-6-4-5-7-12(11)17;2-1(3)4/h5-8,10H,9H2,1-4H3,(H3,18,19,20,22);4-7,9H,8H2,1-3H3,(H3,18,19,20,22);(H5,2,3,4). The Hall–Kier alpha value is -5.70. The van der Waals surface area contributed by atoms with Gasteiger partial charge in [0.1, 0.15) is 34.0 Å². The lowest BCUT2D eigenvalue weighted by Crippen LogP contribution is -2.37. The molecule has 0 radical (unpaired) electrons. The summed E-state index contributed by atoms with van der Waals surface area (Å²) in [7, 11) is 0. The fraction of sp³-hybridized carbons (Fsp3) is 0.324. The van der Waals surface area contributed by atoms with Gasteiger partial charge in [0.15, 0.2) is 17.9 Å². The Labute approximate surface area is 296 Å². The maximum atomic E-state index is 12.5. The predicted octanol–water partition coefficient (Wildman–Crippen LogP) is 4.50. The van der Waals surface area contributed by atoms with Crippen molar-refractivity contribution in [3.63, 3.8) is 0 Å². The molecule has 0 atom stereocenters. The van der Waals surface area contributed by atoms with Crippen LogP contribution < -0.4 is 33.6 Å². The van der Waals surface area contributed by atoms with Gasteiger partial charge in [0.25, 0.3) is 11.8 Å². The van der Waals surface area contributed by atoms with Crippen molar-refractivity contribution in [3.05, 3.63) is 81.8 Å². The average molecular weight is 708 g/mol. The van der Waals surface area contributed by atoms with Crippen LogP contribution in [0.15, 0.2) is 67.6 Å². The monoisotopic (exact) mass is 707 g/mol. The number of carbonyl (C=O) groups excluding carboxylic acids is 2. The minimum Gasteiger partial charge on any atom is -0.370 e. The number of carbonyl (C=O) groups is 2. The largest absolute Gasteiger partial charge is 0.370 e. The summed E-state index contributed by atoms with van der Waals surface area (Å²) in [5, 5.41) is 19.7. The number of amides is 2. The highest BCUT2D eigenvalue weighted by molar-refractivity contribution is 6.33. The quantitative estimate of drug-likeness (QED) is 0.0995. The molecular weight excluding hydrogens is 662 g/mol. The second-order valence-corrected chi connectivity index (χ2v) is 12.2. The number of hydrogen-bond donors (Lipinski definition) is 7. The number of hydrogen-bond acceptors (Lipinski definition) is 9. The number of nitrogens with two attached hydrogens (primary N) is 4. The molecule has 4 aromatic rings. The molecule has 0 fully saturated rings. The number of nitrogens with one attached hydrogen (secondary N) is 3. The zero-order chi connectivity index (χ0) is 37.5. The Bertz CT molecular complexity index is 1700. The predicted molar refractivity (Wildman–Crippen MR) is 197 cm³/mol. The van der Waals surface area contributed by atoms with Crippen LogP contribution in [-0.2, 0) is 0 Å². The van der Waals surface area contributed by atoms with E-state index in [1.54, 1.807) is 32.0 Å². The van der Waals surface area contributed by atoms with Crippen LogP contribution in [0.1, 0.15) is 65.5 Å². The van der Waals surface area contributed by atoms with Gasteiger partial charge in [-0.3, -0.25) is 35.6 Å². The lowest BCUT2D eigenvalue weighted by atomic mass is 10.0. The maximum Gasteiger partial charge on any atom is 0.263 e. The Morgan fingerprint density at radius 3 is 1.52 bits per heavy atom. The van der Waals surface area contributed by atoms with E-state index in [-0.39, 0.29) is 23.8 Å². The van der Waals surface area contributed by atoms with Crippen LogP contribution >= 0.6 is 11.6 Å². The molecule has 4 rings (SSSR count). The van der Waals surface area contributed by atoms with Crippen LogP contribution in [-0.4, -0.2) is 53.1 Å². The number of nitrogens with zero attached hydrogens (tertiary/aromatic N) is 4. The summed E-state index contributed by atoms with van der Waals surface area (Å²) in [5.74, 6) is 0.573. The normalized spacial score (nSPS) is 11.3. The zero-order valence-corrected chi connectivity index (χ0v) is 30.1. The van der Waals surface area contributed by atoms with Gasteiger partial charge in [-0.1, -0.05) is 92.1 Å². The third-order valence-electron chi connectivity index (χ3n) is 6.45. The Morgan fingerprint density at radius 1 is 0.740 bits per heavy atom. The summed E-state index contributed by atoms with van der Waals surface area (Å²) >= 11 is 6.17. The molecular formula is C34H46ClN11O4. The molecule has 0 spiro atoms. The van der Waals surface area contributed by atoms with Gasteiger partial charge >= 0.3 is 0 Å². The molecule has 0 bridgehead atoms. The lowest BCUT2D eigenvalue weighted by molar-refractivity contribution is 0.0966. The molecule has 50 heavy (non-hydrogen) atoms. The molecule has 0 aliphatic rings. The molecule has 0 aliphatic carbocycles. The number of aryl methyl sites for hydroxylation is 3. The first-order valence-corrected chi connectivity index (χ1v) is 16.0. The number of aromatic nitrogens is 2. The molecule has 11 N–H and O–H groups in total. The van der Waals surface area contributed by atoms with Crippen molar-refractivity contribution in [1.29, 1.82) is 5.41 Å². The first-order chi connectivity index (χ1) is 23.5. The van der Waals surface area contributed by atoms with Crippen LogP contribution in [0.2, 0.25) is 5.02 Å². The van der Waals surface area contributed by atoms with E-state index >= 15 is 0 Å². The molecule has 0 saturated carbocycles. The van der Waals surface area contributed by atoms with Crippen molar-refractivity contribution in [1.82, 2.24) is 20.9 Å². The lowest BCUT2D eigenvalue weighted by Gasteiger charge is -2.07. The highest BCUT2D eigenvalue weighted by atomic mass is 35.5. The van der Waals surface area contributed by atoms with E-state index in [2.05, 4.69) is 42.4 Å². The summed E-state index contributed by atoms with van der Waals surface area (Å²) in [6, 6.07) is 14.8. The molecule has 15 nitrogen and oxygen atoms in total. The van der Waals surface area contributed by atoms with Gasteiger partial charge in [-0.2, -0.15) is 0 Å². The minimum atomic E-state index is -0.427. The second-order valence-electron chi connectivity index (χ2n) is 11.8. The molecule has 2 aromatic heterocycles. The van der Waals surface area contributed by atoms with Crippen molar-refractivity contribution < 1.29 is 18.6 Å².